The zero-order valence-electron chi connectivity index (χ0n) is 6.47. The fourth-order valence-corrected chi connectivity index (χ4v) is 1.33. The molecule has 0 saturated heterocycles. The van der Waals surface area contributed by atoms with Crippen molar-refractivity contribution in [3.63, 3.8) is 0 Å². The molecule has 1 rings (SSSR count). The first-order valence-electron chi connectivity index (χ1n) is 3.42. The monoisotopic (exact) mass is 240 g/mol. The summed E-state index contributed by atoms with van der Waals surface area (Å²) in [6.45, 7) is -0.231. The van der Waals surface area contributed by atoms with Gasteiger partial charge in [0.1, 0.15) is 0 Å². The molecule has 1 atom stereocenters. The maximum atomic E-state index is 8.75. The van der Waals surface area contributed by atoms with Gasteiger partial charge in [0.05, 0.1) is 28.4 Å². The minimum atomic E-state index is -0.615. The molecule has 0 amide bonds. The van der Waals surface area contributed by atoms with Gasteiger partial charge in [-0.15, -0.1) is 11.6 Å². The molecule has 1 heterocycles. The van der Waals surface area contributed by atoms with Crippen LogP contribution in [-0.2, 0) is 0 Å². The molecular formula is C7H7Cl3N2O. The number of hydrogen-bond acceptors (Lipinski definition) is 3. The van der Waals surface area contributed by atoms with Crippen molar-refractivity contribution < 1.29 is 5.11 Å². The van der Waals surface area contributed by atoms with Gasteiger partial charge in [0, 0.05) is 0 Å². The lowest BCUT2D eigenvalue weighted by molar-refractivity contribution is 0.292. The molecule has 0 aliphatic carbocycles. The molecule has 3 N–H and O–H groups in total. The van der Waals surface area contributed by atoms with Gasteiger partial charge in [-0.05, 0) is 6.07 Å². The second-order valence-corrected chi connectivity index (χ2v) is 3.68. The van der Waals surface area contributed by atoms with Crippen molar-refractivity contribution in [3.05, 3.63) is 21.9 Å². The number of alkyl halides is 1. The first kappa shape index (κ1) is 10.9. The molecule has 3 nitrogen and oxygen atoms in total. The van der Waals surface area contributed by atoms with Crippen LogP contribution in [-0.4, -0.2) is 16.7 Å². The van der Waals surface area contributed by atoms with Gasteiger partial charge in [-0.2, -0.15) is 0 Å². The Bertz CT molecular complexity index is 296. The van der Waals surface area contributed by atoms with E-state index >= 15 is 0 Å². The number of nitrogens with two attached hydrogens (primary N) is 1. The normalized spacial score (nSPS) is 12.9. The molecule has 6 heteroatoms. The smallest absolute Gasteiger partial charge is 0.153 e. The number of aliphatic hydroxyl groups excluding tert-OH is 1. The molecule has 13 heavy (non-hydrogen) atoms. The lowest BCUT2D eigenvalue weighted by Crippen LogP contribution is -2.01. The van der Waals surface area contributed by atoms with Crippen molar-refractivity contribution in [2.24, 2.45) is 0 Å². The van der Waals surface area contributed by atoms with Crippen LogP contribution in [0.25, 0.3) is 0 Å². The summed E-state index contributed by atoms with van der Waals surface area (Å²) in [6.07, 6.45) is 0. The van der Waals surface area contributed by atoms with E-state index in [1.54, 1.807) is 0 Å². The van der Waals surface area contributed by atoms with Gasteiger partial charge in [-0.3, -0.25) is 0 Å². The molecule has 0 bridgehead atoms. The molecule has 72 valence electrons. The Morgan fingerprint density at radius 1 is 1.54 bits per heavy atom. The lowest BCUT2D eigenvalue weighted by atomic mass is 10.2. The van der Waals surface area contributed by atoms with E-state index in [4.69, 9.17) is 45.6 Å². The van der Waals surface area contributed by atoms with E-state index in [2.05, 4.69) is 4.98 Å². The zero-order chi connectivity index (χ0) is 10.0. The first-order chi connectivity index (χ1) is 6.06. The molecule has 0 aliphatic heterocycles. The molecule has 0 aliphatic rings. The number of aliphatic hydroxyl groups is 1. The first-order valence-corrected chi connectivity index (χ1v) is 4.61. The van der Waals surface area contributed by atoms with E-state index in [9.17, 15) is 0 Å². The van der Waals surface area contributed by atoms with E-state index in [-0.39, 0.29) is 22.5 Å². The topological polar surface area (TPSA) is 59.1 Å². The van der Waals surface area contributed by atoms with Gasteiger partial charge >= 0.3 is 0 Å². The quantitative estimate of drug-likeness (QED) is 0.617. The van der Waals surface area contributed by atoms with Crippen molar-refractivity contribution in [3.8, 4) is 0 Å². The second-order valence-electron chi connectivity index (χ2n) is 2.38. The summed E-state index contributed by atoms with van der Waals surface area (Å²) in [7, 11) is 0. The molecule has 1 unspecified atom stereocenters. The summed E-state index contributed by atoms with van der Waals surface area (Å²) in [5.41, 5.74) is 6.09. The van der Waals surface area contributed by atoms with Gasteiger partial charge < -0.3 is 10.8 Å². The van der Waals surface area contributed by atoms with E-state index in [1.165, 1.54) is 6.07 Å². The average molecular weight is 242 g/mol. The van der Waals surface area contributed by atoms with Gasteiger partial charge in [0.2, 0.25) is 0 Å². The molecule has 1 aromatic heterocycles. The summed E-state index contributed by atoms with van der Waals surface area (Å²) in [5, 5.41) is 8.52. The number of nitrogens with zero attached hydrogens (tertiary/aromatic N) is 1. The summed E-state index contributed by atoms with van der Waals surface area (Å²) >= 11 is 17.1. The molecule has 0 radical (unpaired) electrons. The number of anilines is 1. The third kappa shape index (κ3) is 2.38. The van der Waals surface area contributed by atoms with Crippen LogP contribution in [0.5, 0.6) is 0 Å². The highest BCUT2D eigenvalue weighted by Crippen LogP contribution is 2.29. The molecular weight excluding hydrogens is 234 g/mol. The molecule has 0 saturated carbocycles. The molecule has 1 aromatic rings. The fraction of sp³-hybridized carbons (Fsp3) is 0.286. The SMILES string of the molecule is Nc1c(Cl)cc(C(Cl)CO)nc1Cl. The van der Waals surface area contributed by atoms with Gasteiger partial charge in [0.25, 0.3) is 0 Å². The Labute approximate surface area is 90.4 Å². The van der Waals surface area contributed by atoms with Crippen molar-refractivity contribution >= 4 is 40.5 Å². The third-order valence-electron chi connectivity index (χ3n) is 1.46. The third-order valence-corrected chi connectivity index (χ3v) is 2.43. The predicted molar refractivity (Wildman–Crippen MR) is 54.3 cm³/mol. The molecule has 0 spiro atoms. The summed E-state index contributed by atoms with van der Waals surface area (Å²) in [4.78, 5) is 3.87. The Morgan fingerprint density at radius 2 is 2.15 bits per heavy atom. The standard InChI is InChI=1S/C7H7Cl3N2O/c8-3-1-5(4(9)2-13)12-7(10)6(3)11/h1,4,13H,2,11H2. The minimum absolute atomic E-state index is 0.0987. The molecule has 0 aromatic carbocycles. The second kappa shape index (κ2) is 4.33. The number of rotatable bonds is 2. The number of aromatic nitrogens is 1. The van der Waals surface area contributed by atoms with E-state index in [0.717, 1.165) is 0 Å². The van der Waals surface area contributed by atoms with Crippen LogP contribution in [0.2, 0.25) is 10.2 Å². The van der Waals surface area contributed by atoms with Gasteiger partial charge in [-0.25, -0.2) is 4.98 Å². The van der Waals surface area contributed by atoms with E-state index in [1.807, 2.05) is 0 Å². The maximum Gasteiger partial charge on any atom is 0.153 e. The Morgan fingerprint density at radius 3 is 2.62 bits per heavy atom. The highest BCUT2D eigenvalue weighted by molar-refractivity contribution is 6.38. The van der Waals surface area contributed by atoms with Crippen LogP contribution in [0.4, 0.5) is 5.69 Å². The van der Waals surface area contributed by atoms with Crippen molar-refractivity contribution in [1.82, 2.24) is 4.98 Å². The van der Waals surface area contributed by atoms with Crippen molar-refractivity contribution in [2.75, 3.05) is 12.3 Å². The Balaban J connectivity index is 3.13. The number of halogens is 3. The predicted octanol–water partition coefficient (Wildman–Crippen LogP) is 2.24. The lowest BCUT2D eigenvalue weighted by Gasteiger charge is -2.08. The Kier molecular flexibility index (Phi) is 3.62. The largest absolute Gasteiger partial charge is 0.395 e. The number of pyridine rings is 1. The van der Waals surface area contributed by atoms with Crippen molar-refractivity contribution in [2.45, 2.75) is 5.38 Å². The van der Waals surface area contributed by atoms with Crippen LogP contribution in [0.15, 0.2) is 6.07 Å². The summed E-state index contributed by atoms with van der Waals surface area (Å²) < 4.78 is 0. The highest BCUT2D eigenvalue weighted by atomic mass is 35.5. The zero-order valence-corrected chi connectivity index (χ0v) is 8.74. The van der Waals surface area contributed by atoms with E-state index < -0.39 is 5.38 Å². The van der Waals surface area contributed by atoms with Crippen LogP contribution >= 0.6 is 34.8 Å². The summed E-state index contributed by atoms with van der Waals surface area (Å²) in [5.74, 6) is 0. The highest BCUT2D eigenvalue weighted by Gasteiger charge is 2.12. The van der Waals surface area contributed by atoms with Crippen molar-refractivity contribution in [1.29, 1.82) is 0 Å². The number of nitrogen functional groups attached to an aromatic ring is 1. The Hall–Kier alpha value is -0.220. The van der Waals surface area contributed by atoms with Crippen LogP contribution in [0.1, 0.15) is 11.1 Å². The summed E-state index contributed by atoms with van der Waals surface area (Å²) in [6, 6.07) is 1.48. The van der Waals surface area contributed by atoms with Crippen LogP contribution in [0, 0.1) is 0 Å². The van der Waals surface area contributed by atoms with Crippen LogP contribution < -0.4 is 5.73 Å². The minimum Gasteiger partial charge on any atom is -0.395 e. The van der Waals surface area contributed by atoms with Gasteiger partial charge in [0.15, 0.2) is 5.15 Å². The number of hydrogen-bond donors (Lipinski definition) is 2. The molecule has 0 fully saturated rings. The van der Waals surface area contributed by atoms with Gasteiger partial charge in [-0.1, -0.05) is 23.2 Å². The average Bonchev–Trinajstić information content (AvgIpc) is 2.12. The van der Waals surface area contributed by atoms with Crippen LogP contribution in [0.3, 0.4) is 0 Å². The van der Waals surface area contributed by atoms with E-state index in [0.29, 0.717) is 5.69 Å². The fourth-order valence-electron chi connectivity index (χ4n) is 0.766. The maximum absolute atomic E-state index is 8.75.